The van der Waals surface area contributed by atoms with Gasteiger partial charge in [0.25, 0.3) is 11.5 Å². The molecule has 0 spiro atoms. The van der Waals surface area contributed by atoms with E-state index >= 15 is 0 Å². The Balaban J connectivity index is 1.44. The van der Waals surface area contributed by atoms with E-state index in [2.05, 4.69) is 16.9 Å². The molecule has 8 nitrogen and oxygen atoms in total. The average molecular weight is 446 g/mol. The van der Waals surface area contributed by atoms with Gasteiger partial charge in [0.2, 0.25) is 5.91 Å². The summed E-state index contributed by atoms with van der Waals surface area (Å²) in [4.78, 5) is 47.7. The summed E-state index contributed by atoms with van der Waals surface area (Å²) in [7, 11) is 0. The number of benzene rings is 1. The molecule has 3 heterocycles. The number of hydrogen-bond acceptors (Lipinski definition) is 5. The maximum absolute atomic E-state index is 12.9. The van der Waals surface area contributed by atoms with E-state index in [-0.39, 0.29) is 29.3 Å². The third-order valence-corrected chi connectivity index (χ3v) is 5.86. The molecule has 1 aliphatic rings. The second kappa shape index (κ2) is 9.36. The van der Waals surface area contributed by atoms with Crippen molar-refractivity contribution in [3.05, 3.63) is 77.0 Å². The molecule has 1 aliphatic heterocycles. The predicted molar refractivity (Wildman–Crippen MR) is 127 cm³/mol. The molecule has 0 aliphatic carbocycles. The summed E-state index contributed by atoms with van der Waals surface area (Å²) in [6.07, 6.45) is 4.48. The zero-order valence-corrected chi connectivity index (χ0v) is 18.8. The lowest BCUT2D eigenvalue weighted by Gasteiger charge is -2.17. The predicted octanol–water partition coefficient (Wildman–Crippen LogP) is 3.20. The van der Waals surface area contributed by atoms with E-state index in [0.717, 1.165) is 11.8 Å². The highest BCUT2D eigenvalue weighted by Crippen LogP contribution is 2.23. The molecule has 2 aromatic heterocycles. The highest BCUT2D eigenvalue weighted by molar-refractivity contribution is 5.99. The van der Waals surface area contributed by atoms with Gasteiger partial charge in [0.05, 0.1) is 0 Å². The van der Waals surface area contributed by atoms with E-state index in [9.17, 15) is 14.4 Å². The summed E-state index contributed by atoms with van der Waals surface area (Å²) < 4.78 is 1.69. The van der Waals surface area contributed by atoms with Crippen LogP contribution in [0.25, 0.3) is 11.0 Å². The third-order valence-electron chi connectivity index (χ3n) is 5.86. The topological polar surface area (TPSA) is 97.2 Å². The number of carbonyl (C=O) groups excluding carboxylic acids is 2. The molecule has 33 heavy (non-hydrogen) atoms. The van der Waals surface area contributed by atoms with Crippen molar-refractivity contribution in [1.82, 2.24) is 19.4 Å². The van der Waals surface area contributed by atoms with Crippen LogP contribution in [0.4, 0.5) is 5.69 Å². The molecule has 2 amide bonds. The van der Waals surface area contributed by atoms with Gasteiger partial charge in [-0.3, -0.25) is 19.0 Å². The van der Waals surface area contributed by atoms with E-state index in [0.29, 0.717) is 42.2 Å². The molecule has 1 fully saturated rings. The Morgan fingerprint density at radius 3 is 2.67 bits per heavy atom. The minimum atomic E-state index is -0.294. The summed E-state index contributed by atoms with van der Waals surface area (Å²) in [5.41, 5.74) is 1.77. The van der Waals surface area contributed by atoms with Gasteiger partial charge in [-0.15, -0.1) is 0 Å². The molecule has 4 rings (SSSR count). The number of hydrogen-bond donors (Lipinski definition) is 1. The molecule has 3 aromatic rings. The second-order valence-electron chi connectivity index (χ2n) is 8.58. The number of amides is 2. The number of rotatable bonds is 6. The van der Waals surface area contributed by atoms with Crippen LogP contribution >= 0.6 is 0 Å². The lowest BCUT2D eigenvalue weighted by atomic mass is 10.0. The van der Waals surface area contributed by atoms with Crippen molar-refractivity contribution < 1.29 is 9.59 Å². The van der Waals surface area contributed by atoms with Crippen molar-refractivity contribution in [2.75, 3.05) is 18.4 Å². The molecular weight excluding hydrogens is 418 g/mol. The van der Waals surface area contributed by atoms with Crippen molar-refractivity contribution in [3.63, 3.8) is 0 Å². The molecule has 0 radical (unpaired) electrons. The lowest BCUT2D eigenvalue weighted by molar-refractivity contribution is -0.111. The molecule has 0 bridgehead atoms. The Morgan fingerprint density at radius 1 is 1.21 bits per heavy atom. The van der Waals surface area contributed by atoms with Crippen LogP contribution in [-0.4, -0.2) is 44.3 Å². The fourth-order valence-electron chi connectivity index (χ4n) is 4.19. The first kappa shape index (κ1) is 22.4. The Labute approximate surface area is 192 Å². The molecule has 1 N–H and O–H groups in total. The van der Waals surface area contributed by atoms with E-state index in [1.165, 1.54) is 6.08 Å². The maximum Gasteiger partial charge on any atom is 0.253 e. The van der Waals surface area contributed by atoms with Crippen molar-refractivity contribution >= 4 is 28.5 Å². The summed E-state index contributed by atoms with van der Waals surface area (Å²) in [5.74, 6) is 0.606. The SMILES string of the molecule is C=CC(=O)Nc1ccc(C(=O)N2CC[C@@H](Cc3ncc4ccc(=O)n(C(C)C)c4n3)C2)cc1. The summed E-state index contributed by atoms with van der Waals surface area (Å²) in [6.45, 7) is 8.64. The smallest absolute Gasteiger partial charge is 0.253 e. The van der Waals surface area contributed by atoms with Gasteiger partial charge in [0, 0.05) is 54.5 Å². The number of pyridine rings is 1. The fraction of sp³-hybridized carbons (Fsp3) is 0.320. The number of aromatic nitrogens is 3. The van der Waals surface area contributed by atoms with Crippen LogP contribution < -0.4 is 10.9 Å². The first-order valence-corrected chi connectivity index (χ1v) is 11.1. The Bertz CT molecular complexity index is 1260. The molecule has 0 unspecified atom stereocenters. The maximum atomic E-state index is 12.9. The summed E-state index contributed by atoms with van der Waals surface area (Å²) >= 11 is 0. The molecule has 8 heteroatoms. The van der Waals surface area contributed by atoms with Crippen LogP contribution in [0, 0.1) is 5.92 Å². The van der Waals surface area contributed by atoms with Gasteiger partial charge in [0.1, 0.15) is 11.5 Å². The highest BCUT2D eigenvalue weighted by Gasteiger charge is 2.28. The molecular formula is C25H27N5O3. The molecule has 170 valence electrons. The Kier molecular flexibility index (Phi) is 6.35. The first-order chi connectivity index (χ1) is 15.9. The summed E-state index contributed by atoms with van der Waals surface area (Å²) in [5, 5.41) is 3.51. The normalized spacial score (nSPS) is 15.7. The van der Waals surface area contributed by atoms with Crippen LogP contribution in [0.2, 0.25) is 0 Å². The van der Waals surface area contributed by atoms with Gasteiger partial charge < -0.3 is 10.2 Å². The highest BCUT2D eigenvalue weighted by atomic mass is 16.2. The quantitative estimate of drug-likeness (QED) is 0.588. The van der Waals surface area contributed by atoms with Crippen molar-refractivity contribution in [2.24, 2.45) is 5.92 Å². The van der Waals surface area contributed by atoms with Crippen LogP contribution in [0.15, 0.2) is 60.0 Å². The zero-order valence-electron chi connectivity index (χ0n) is 18.8. The number of nitrogens with zero attached hydrogens (tertiary/aromatic N) is 4. The van der Waals surface area contributed by atoms with Crippen LogP contribution in [0.3, 0.4) is 0 Å². The van der Waals surface area contributed by atoms with Crippen LogP contribution in [0.1, 0.15) is 42.5 Å². The van der Waals surface area contributed by atoms with Crippen molar-refractivity contribution in [2.45, 2.75) is 32.7 Å². The minimum absolute atomic E-state index is 0.0000214. The standard InChI is InChI=1S/C25H27N5O3/c1-4-22(31)27-20-8-5-18(6-9-20)25(33)29-12-11-17(15-29)13-21-26-14-19-7-10-23(32)30(16(2)3)24(19)28-21/h4-10,14,16-17H,1,11-13,15H2,2-3H3,(H,27,31)/t17-/m0/s1. The van der Waals surface area contributed by atoms with E-state index in [1.807, 2.05) is 18.7 Å². The van der Waals surface area contributed by atoms with Gasteiger partial charge >= 0.3 is 0 Å². The van der Waals surface area contributed by atoms with Gasteiger partial charge in [-0.2, -0.15) is 0 Å². The minimum Gasteiger partial charge on any atom is -0.338 e. The fourth-order valence-corrected chi connectivity index (χ4v) is 4.19. The molecule has 1 aromatic carbocycles. The second-order valence-corrected chi connectivity index (χ2v) is 8.58. The first-order valence-electron chi connectivity index (χ1n) is 11.1. The van der Waals surface area contributed by atoms with E-state index in [4.69, 9.17) is 4.98 Å². The number of fused-ring (bicyclic) bond motifs is 1. The van der Waals surface area contributed by atoms with Gasteiger partial charge in [-0.1, -0.05) is 6.58 Å². The van der Waals surface area contributed by atoms with Gasteiger partial charge in [-0.25, -0.2) is 9.97 Å². The summed E-state index contributed by atoms with van der Waals surface area (Å²) in [6, 6.07) is 10.1. The van der Waals surface area contributed by atoms with Crippen LogP contribution in [0.5, 0.6) is 0 Å². The van der Waals surface area contributed by atoms with Crippen LogP contribution in [-0.2, 0) is 11.2 Å². The Hall–Kier alpha value is -3.81. The zero-order chi connectivity index (χ0) is 23.5. The monoisotopic (exact) mass is 445 g/mol. The largest absolute Gasteiger partial charge is 0.338 e. The average Bonchev–Trinajstić information content (AvgIpc) is 3.27. The van der Waals surface area contributed by atoms with E-state index < -0.39 is 0 Å². The number of nitrogens with one attached hydrogen (secondary N) is 1. The molecule has 0 saturated carbocycles. The lowest BCUT2D eigenvalue weighted by Crippen LogP contribution is -2.29. The van der Waals surface area contributed by atoms with Gasteiger partial charge in [-0.05, 0) is 62.6 Å². The van der Waals surface area contributed by atoms with E-state index in [1.54, 1.807) is 47.2 Å². The number of likely N-dealkylation sites (tertiary alicyclic amines) is 1. The van der Waals surface area contributed by atoms with Crippen molar-refractivity contribution in [3.8, 4) is 0 Å². The van der Waals surface area contributed by atoms with Crippen molar-refractivity contribution in [1.29, 1.82) is 0 Å². The Morgan fingerprint density at radius 2 is 1.97 bits per heavy atom. The molecule has 1 atom stereocenters. The molecule has 1 saturated heterocycles. The number of carbonyl (C=O) groups is 2. The number of anilines is 1. The van der Waals surface area contributed by atoms with Gasteiger partial charge in [0.15, 0.2) is 0 Å². The third kappa shape index (κ3) is 4.84.